The number of carbonyl (C=O) groups excluding carboxylic acids is 1. The maximum Gasteiger partial charge on any atom is 0.435 e. The number of aryl methyl sites for hydroxylation is 1. The van der Waals surface area contributed by atoms with Crippen molar-refractivity contribution >= 4 is 5.91 Å². The number of ether oxygens (including phenoxy) is 1. The highest BCUT2D eigenvalue weighted by Gasteiger charge is 2.38. The number of aromatic nitrogens is 2. The van der Waals surface area contributed by atoms with Crippen molar-refractivity contribution in [2.75, 3.05) is 6.61 Å². The molecule has 0 aliphatic carbocycles. The average molecular weight is 355 g/mol. The predicted octanol–water partition coefficient (Wildman–Crippen LogP) is 3.30. The first kappa shape index (κ1) is 19.0. The molecule has 0 fully saturated rings. The maximum atomic E-state index is 12.9. The first-order chi connectivity index (χ1) is 11.8. The summed E-state index contributed by atoms with van der Waals surface area (Å²) >= 11 is 0. The lowest BCUT2D eigenvalue weighted by Gasteiger charge is -2.11. The van der Waals surface area contributed by atoms with Gasteiger partial charge in [-0.1, -0.05) is 31.2 Å². The van der Waals surface area contributed by atoms with Crippen LogP contribution in [0.2, 0.25) is 0 Å². The van der Waals surface area contributed by atoms with E-state index in [0.717, 1.165) is 28.4 Å². The molecule has 2 aromatic rings. The standard InChI is InChI=1S/C17H20F3N3O2/c1-3-8-25-11-13-7-5-4-6-12(13)9-21-16(24)14-10-23(2)22-15(14)17(18,19)20/h4-7,10H,3,8-9,11H2,1-2H3,(H,21,24). The lowest BCUT2D eigenvalue weighted by atomic mass is 10.1. The number of halogens is 3. The topological polar surface area (TPSA) is 56.1 Å². The smallest absolute Gasteiger partial charge is 0.377 e. The van der Waals surface area contributed by atoms with Gasteiger partial charge in [-0.05, 0) is 17.5 Å². The van der Waals surface area contributed by atoms with Crippen LogP contribution < -0.4 is 5.32 Å². The van der Waals surface area contributed by atoms with E-state index in [1.807, 2.05) is 19.1 Å². The van der Waals surface area contributed by atoms with Crippen LogP contribution in [0.25, 0.3) is 0 Å². The molecule has 8 heteroatoms. The van der Waals surface area contributed by atoms with Gasteiger partial charge in [0.2, 0.25) is 0 Å². The Morgan fingerprint density at radius 1 is 1.28 bits per heavy atom. The zero-order valence-electron chi connectivity index (χ0n) is 14.1. The Labute approximate surface area is 143 Å². The fourth-order valence-corrected chi connectivity index (χ4v) is 2.33. The van der Waals surface area contributed by atoms with Gasteiger partial charge in [-0.3, -0.25) is 9.48 Å². The summed E-state index contributed by atoms with van der Waals surface area (Å²) in [5.41, 5.74) is 0.00432. The third-order valence-electron chi connectivity index (χ3n) is 3.51. The van der Waals surface area contributed by atoms with Gasteiger partial charge in [0.05, 0.1) is 12.2 Å². The summed E-state index contributed by atoms with van der Waals surface area (Å²) in [5, 5.41) is 5.86. The van der Waals surface area contributed by atoms with E-state index in [4.69, 9.17) is 4.74 Å². The number of benzene rings is 1. The third kappa shape index (κ3) is 5.06. The molecule has 1 amide bonds. The molecule has 5 nitrogen and oxygen atoms in total. The van der Waals surface area contributed by atoms with Gasteiger partial charge in [0.15, 0.2) is 5.69 Å². The molecule has 1 N–H and O–H groups in total. The molecule has 2 rings (SSSR count). The fraction of sp³-hybridized carbons (Fsp3) is 0.412. The Morgan fingerprint density at radius 2 is 1.96 bits per heavy atom. The molecule has 25 heavy (non-hydrogen) atoms. The SMILES string of the molecule is CCCOCc1ccccc1CNC(=O)c1cn(C)nc1C(F)(F)F. The quantitative estimate of drug-likeness (QED) is 0.776. The van der Waals surface area contributed by atoms with Gasteiger partial charge in [0, 0.05) is 26.4 Å². The summed E-state index contributed by atoms with van der Waals surface area (Å²) in [7, 11) is 1.34. The lowest BCUT2D eigenvalue weighted by molar-refractivity contribution is -0.141. The van der Waals surface area contributed by atoms with Crippen LogP contribution in [0, 0.1) is 0 Å². The number of hydrogen-bond donors (Lipinski definition) is 1. The molecular weight excluding hydrogens is 335 g/mol. The van der Waals surface area contributed by atoms with Crippen molar-refractivity contribution in [3.8, 4) is 0 Å². The Balaban J connectivity index is 2.09. The van der Waals surface area contributed by atoms with Crippen molar-refractivity contribution in [2.24, 2.45) is 7.05 Å². The Kier molecular flexibility index (Phi) is 6.19. The summed E-state index contributed by atoms with van der Waals surface area (Å²) in [4.78, 5) is 12.2. The highest BCUT2D eigenvalue weighted by atomic mass is 19.4. The van der Waals surface area contributed by atoms with Gasteiger partial charge < -0.3 is 10.1 Å². The van der Waals surface area contributed by atoms with Crippen molar-refractivity contribution in [2.45, 2.75) is 32.7 Å². The molecule has 0 unspecified atom stereocenters. The first-order valence-electron chi connectivity index (χ1n) is 7.86. The Morgan fingerprint density at radius 3 is 2.60 bits per heavy atom. The largest absolute Gasteiger partial charge is 0.435 e. The molecule has 0 spiro atoms. The van der Waals surface area contributed by atoms with Crippen LogP contribution in [-0.4, -0.2) is 22.3 Å². The Bertz CT molecular complexity index is 726. The second-order valence-electron chi connectivity index (χ2n) is 5.57. The molecular formula is C17H20F3N3O2. The van der Waals surface area contributed by atoms with Crippen LogP contribution in [0.5, 0.6) is 0 Å². The van der Waals surface area contributed by atoms with Crippen LogP contribution in [0.4, 0.5) is 13.2 Å². The first-order valence-corrected chi connectivity index (χ1v) is 7.86. The second kappa shape index (κ2) is 8.15. The normalized spacial score (nSPS) is 11.6. The lowest BCUT2D eigenvalue weighted by Crippen LogP contribution is -2.25. The highest BCUT2D eigenvalue weighted by Crippen LogP contribution is 2.30. The molecule has 0 atom stereocenters. The number of alkyl halides is 3. The van der Waals surface area contributed by atoms with E-state index in [1.165, 1.54) is 7.05 Å². The van der Waals surface area contributed by atoms with E-state index in [2.05, 4.69) is 10.4 Å². The zero-order valence-corrected chi connectivity index (χ0v) is 14.1. The zero-order chi connectivity index (χ0) is 18.4. The van der Waals surface area contributed by atoms with Gasteiger partial charge in [-0.25, -0.2) is 0 Å². The second-order valence-corrected chi connectivity index (χ2v) is 5.57. The molecule has 0 bridgehead atoms. The number of nitrogens with zero attached hydrogens (tertiary/aromatic N) is 2. The van der Waals surface area contributed by atoms with Crippen LogP contribution in [0.3, 0.4) is 0 Å². The third-order valence-corrected chi connectivity index (χ3v) is 3.51. The van der Waals surface area contributed by atoms with E-state index in [9.17, 15) is 18.0 Å². The summed E-state index contributed by atoms with van der Waals surface area (Å²) in [6.07, 6.45) is -2.73. The molecule has 0 radical (unpaired) electrons. The molecule has 1 aromatic heterocycles. The number of hydrogen-bond acceptors (Lipinski definition) is 3. The van der Waals surface area contributed by atoms with E-state index >= 15 is 0 Å². The summed E-state index contributed by atoms with van der Waals surface area (Å²) in [5.74, 6) is -0.815. The summed E-state index contributed by atoms with van der Waals surface area (Å²) < 4.78 is 45.3. The molecule has 0 saturated heterocycles. The van der Waals surface area contributed by atoms with Crippen molar-refractivity contribution in [3.63, 3.8) is 0 Å². The van der Waals surface area contributed by atoms with E-state index < -0.39 is 23.3 Å². The van der Waals surface area contributed by atoms with Crippen LogP contribution in [-0.2, 0) is 31.1 Å². The molecule has 0 aliphatic heterocycles. The van der Waals surface area contributed by atoms with Crippen LogP contribution >= 0.6 is 0 Å². The van der Waals surface area contributed by atoms with Gasteiger partial charge in [0.25, 0.3) is 5.91 Å². The predicted molar refractivity (Wildman–Crippen MR) is 85.8 cm³/mol. The van der Waals surface area contributed by atoms with E-state index in [0.29, 0.717) is 13.2 Å². The molecule has 1 aromatic carbocycles. The van der Waals surface area contributed by atoms with E-state index in [1.54, 1.807) is 12.1 Å². The molecule has 136 valence electrons. The maximum absolute atomic E-state index is 12.9. The minimum absolute atomic E-state index is 0.108. The minimum atomic E-state index is -4.68. The number of nitrogens with one attached hydrogen (secondary N) is 1. The fourth-order valence-electron chi connectivity index (χ4n) is 2.33. The van der Waals surface area contributed by atoms with Crippen molar-refractivity contribution in [1.29, 1.82) is 0 Å². The van der Waals surface area contributed by atoms with Gasteiger partial charge in [-0.2, -0.15) is 18.3 Å². The molecule has 0 saturated carbocycles. The number of rotatable bonds is 7. The van der Waals surface area contributed by atoms with Crippen molar-refractivity contribution in [3.05, 3.63) is 52.8 Å². The molecule has 0 aliphatic rings. The van der Waals surface area contributed by atoms with E-state index in [-0.39, 0.29) is 6.54 Å². The monoisotopic (exact) mass is 355 g/mol. The number of amides is 1. The van der Waals surface area contributed by atoms with Gasteiger partial charge in [-0.15, -0.1) is 0 Å². The summed E-state index contributed by atoms with van der Waals surface area (Å²) in [6, 6.07) is 7.32. The highest BCUT2D eigenvalue weighted by molar-refractivity contribution is 5.95. The van der Waals surface area contributed by atoms with Crippen LogP contribution in [0.1, 0.15) is 40.5 Å². The van der Waals surface area contributed by atoms with Crippen molar-refractivity contribution in [1.82, 2.24) is 15.1 Å². The average Bonchev–Trinajstić information content (AvgIpc) is 2.96. The van der Waals surface area contributed by atoms with Crippen LogP contribution in [0.15, 0.2) is 30.5 Å². The summed E-state index contributed by atoms with van der Waals surface area (Å²) in [6.45, 7) is 3.11. The molecule has 1 heterocycles. The van der Waals surface area contributed by atoms with Gasteiger partial charge >= 0.3 is 6.18 Å². The minimum Gasteiger partial charge on any atom is -0.377 e. The number of carbonyl (C=O) groups is 1. The Hall–Kier alpha value is -2.35. The van der Waals surface area contributed by atoms with Crippen molar-refractivity contribution < 1.29 is 22.7 Å². The van der Waals surface area contributed by atoms with Gasteiger partial charge in [0.1, 0.15) is 0 Å².